The predicted octanol–water partition coefficient (Wildman–Crippen LogP) is 4.96. The summed E-state index contributed by atoms with van der Waals surface area (Å²) < 4.78 is 1.23. The lowest BCUT2D eigenvalue weighted by Gasteiger charge is -2.23. The molecule has 1 aliphatic carbocycles. The van der Waals surface area contributed by atoms with Crippen LogP contribution in [0.3, 0.4) is 0 Å². The second kappa shape index (κ2) is 6.91. The molecule has 1 fully saturated rings. The van der Waals surface area contributed by atoms with Gasteiger partial charge in [-0.2, -0.15) is 0 Å². The van der Waals surface area contributed by atoms with E-state index in [9.17, 15) is 0 Å². The molecule has 0 saturated heterocycles. The summed E-state index contributed by atoms with van der Waals surface area (Å²) in [5.41, 5.74) is 0. The van der Waals surface area contributed by atoms with Crippen LogP contribution in [-0.4, -0.2) is 6.04 Å². The van der Waals surface area contributed by atoms with Gasteiger partial charge in [0.25, 0.3) is 0 Å². The summed E-state index contributed by atoms with van der Waals surface area (Å²) in [4.78, 5) is 1.43. The smallest absolute Gasteiger partial charge is 0.0701 e. The summed E-state index contributed by atoms with van der Waals surface area (Å²) in [6, 6.07) is 5.01. The van der Waals surface area contributed by atoms with Gasteiger partial charge in [-0.05, 0) is 53.7 Å². The SMILES string of the molecule is C[C@@H](NCc1ccc(Br)s1)C1CCCCCC1. The van der Waals surface area contributed by atoms with E-state index in [2.05, 4.69) is 40.3 Å². The van der Waals surface area contributed by atoms with Gasteiger partial charge in [0, 0.05) is 17.5 Å². The molecule has 1 saturated carbocycles. The molecule has 1 aliphatic rings. The van der Waals surface area contributed by atoms with Crippen molar-refractivity contribution in [3.05, 3.63) is 20.8 Å². The van der Waals surface area contributed by atoms with Crippen LogP contribution >= 0.6 is 27.3 Å². The molecule has 96 valence electrons. The number of hydrogen-bond donors (Lipinski definition) is 1. The Balaban J connectivity index is 1.77. The van der Waals surface area contributed by atoms with Crippen LogP contribution in [0.5, 0.6) is 0 Å². The first-order valence-corrected chi connectivity index (χ1v) is 8.34. The molecule has 0 aromatic carbocycles. The molecule has 1 atom stereocenters. The fraction of sp³-hybridized carbons (Fsp3) is 0.714. The van der Waals surface area contributed by atoms with E-state index in [0.29, 0.717) is 6.04 Å². The highest BCUT2D eigenvalue weighted by molar-refractivity contribution is 9.11. The van der Waals surface area contributed by atoms with Crippen molar-refractivity contribution in [2.24, 2.45) is 5.92 Å². The van der Waals surface area contributed by atoms with E-state index in [1.165, 1.54) is 47.2 Å². The van der Waals surface area contributed by atoms with Gasteiger partial charge in [0.15, 0.2) is 0 Å². The van der Waals surface area contributed by atoms with Crippen molar-refractivity contribution in [1.82, 2.24) is 5.32 Å². The van der Waals surface area contributed by atoms with E-state index >= 15 is 0 Å². The van der Waals surface area contributed by atoms with Crippen LogP contribution in [0.4, 0.5) is 0 Å². The Morgan fingerprint density at radius 3 is 2.59 bits per heavy atom. The molecular formula is C14H22BrNS. The highest BCUT2D eigenvalue weighted by Gasteiger charge is 2.18. The fourth-order valence-electron chi connectivity index (χ4n) is 2.69. The van der Waals surface area contributed by atoms with Crippen molar-refractivity contribution < 1.29 is 0 Å². The van der Waals surface area contributed by atoms with Crippen LogP contribution in [0, 0.1) is 5.92 Å². The zero-order chi connectivity index (χ0) is 12.1. The topological polar surface area (TPSA) is 12.0 Å². The zero-order valence-corrected chi connectivity index (χ0v) is 12.9. The Kier molecular flexibility index (Phi) is 5.51. The Morgan fingerprint density at radius 2 is 2.00 bits per heavy atom. The van der Waals surface area contributed by atoms with E-state index in [-0.39, 0.29) is 0 Å². The number of hydrogen-bond acceptors (Lipinski definition) is 2. The van der Waals surface area contributed by atoms with Gasteiger partial charge in [0.2, 0.25) is 0 Å². The maximum absolute atomic E-state index is 3.70. The van der Waals surface area contributed by atoms with Gasteiger partial charge in [-0.3, -0.25) is 0 Å². The minimum Gasteiger partial charge on any atom is -0.309 e. The lowest BCUT2D eigenvalue weighted by Crippen LogP contribution is -2.32. The third kappa shape index (κ3) is 4.38. The molecule has 1 aromatic rings. The van der Waals surface area contributed by atoms with Gasteiger partial charge in [0.1, 0.15) is 0 Å². The van der Waals surface area contributed by atoms with Crippen LogP contribution in [0.1, 0.15) is 50.3 Å². The first-order chi connectivity index (χ1) is 8.25. The monoisotopic (exact) mass is 315 g/mol. The summed E-state index contributed by atoms with van der Waals surface area (Å²) in [7, 11) is 0. The van der Waals surface area contributed by atoms with Gasteiger partial charge in [0.05, 0.1) is 3.79 Å². The normalized spacial score (nSPS) is 20.1. The molecule has 0 unspecified atom stereocenters. The largest absolute Gasteiger partial charge is 0.309 e. The van der Waals surface area contributed by atoms with Crippen molar-refractivity contribution in [2.75, 3.05) is 0 Å². The van der Waals surface area contributed by atoms with E-state index in [1.807, 2.05) is 11.3 Å². The molecule has 0 amide bonds. The highest BCUT2D eigenvalue weighted by atomic mass is 79.9. The summed E-state index contributed by atoms with van der Waals surface area (Å²) >= 11 is 5.35. The Bertz CT molecular complexity index is 329. The van der Waals surface area contributed by atoms with Gasteiger partial charge >= 0.3 is 0 Å². The molecule has 1 nitrogen and oxygen atoms in total. The molecule has 0 bridgehead atoms. The van der Waals surface area contributed by atoms with Crippen molar-refractivity contribution in [3.63, 3.8) is 0 Å². The predicted molar refractivity (Wildman–Crippen MR) is 79.5 cm³/mol. The van der Waals surface area contributed by atoms with Crippen LogP contribution in [0.2, 0.25) is 0 Å². The van der Waals surface area contributed by atoms with Crippen LogP contribution in [0.25, 0.3) is 0 Å². The first-order valence-electron chi connectivity index (χ1n) is 6.73. The Labute approximate surface area is 117 Å². The van der Waals surface area contributed by atoms with Crippen molar-refractivity contribution in [2.45, 2.75) is 58.0 Å². The molecule has 1 aromatic heterocycles. The minimum absolute atomic E-state index is 0.661. The van der Waals surface area contributed by atoms with Gasteiger partial charge in [-0.15, -0.1) is 11.3 Å². The molecule has 0 aliphatic heterocycles. The average molecular weight is 316 g/mol. The van der Waals surface area contributed by atoms with Crippen LogP contribution < -0.4 is 5.32 Å². The minimum atomic E-state index is 0.661. The second-order valence-corrected chi connectivity index (χ2v) is 7.67. The summed E-state index contributed by atoms with van der Waals surface area (Å²) in [6.45, 7) is 3.38. The molecule has 1 heterocycles. The fourth-order valence-corrected chi connectivity index (χ4v) is 4.12. The third-order valence-electron chi connectivity index (χ3n) is 3.83. The maximum Gasteiger partial charge on any atom is 0.0701 e. The molecule has 1 N–H and O–H groups in total. The van der Waals surface area contributed by atoms with Crippen LogP contribution in [0.15, 0.2) is 15.9 Å². The number of thiophene rings is 1. The summed E-state index contributed by atoms with van der Waals surface area (Å²) in [6.07, 6.45) is 8.59. The van der Waals surface area contributed by atoms with E-state index in [0.717, 1.165) is 12.5 Å². The van der Waals surface area contributed by atoms with Gasteiger partial charge in [-0.1, -0.05) is 25.7 Å². The average Bonchev–Trinajstić information content (AvgIpc) is 2.58. The van der Waals surface area contributed by atoms with Crippen molar-refractivity contribution >= 4 is 27.3 Å². The maximum atomic E-state index is 3.70. The molecule has 17 heavy (non-hydrogen) atoms. The van der Waals surface area contributed by atoms with E-state index in [4.69, 9.17) is 0 Å². The lowest BCUT2D eigenvalue weighted by molar-refractivity contribution is 0.337. The van der Waals surface area contributed by atoms with Crippen molar-refractivity contribution in [1.29, 1.82) is 0 Å². The molecule has 0 radical (unpaired) electrons. The molecular weight excluding hydrogens is 294 g/mol. The summed E-state index contributed by atoms with van der Waals surface area (Å²) in [5, 5.41) is 3.70. The Hall–Kier alpha value is 0.140. The molecule has 3 heteroatoms. The standard InChI is InChI=1S/C14H22BrNS/c1-11(12-6-4-2-3-5-7-12)16-10-13-8-9-14(15)17-13/h8-9,11-12,16H,2-7,10H2,1H3/t11-/m1/s1. The zero-order valence-electron chi connectivity index (χ0n) is 10.5. The second-order valence-electron chi connectivity index (χ2n) is 5.13. The number of nitrogens with one attached hydrogen (secondary N) is 1. The first kappa shape index (κ1) is 13.6. The molecule has 0 spiro atoms. The highest BCUT2D eigenvalue weighted by Crippen LogP contribution is 2.26. The summed E-state index contributed by atoms with van der Waals surface area (Å²) in [5.74, 6) is 0.890. The van der Waals surface area contributed by atoms with Gasteiger partial charge < -0.3 is 5.32 Å². The Morgan fingerprint density at radius 1 is 1.29 bits per heavy atom. The molecule has 2 rings (SSSR count). The van der Waals surface area contributed by atoms with Crippen LogP contribution in [-0.2, 0) is 6.54 Å². The number of rotatable bonds is 4. The van der Waals surface area contributed by atoms with E-state index in [1.54, 1.807) is 0 Å². The third-order valence-corrected chi connectivity index (χ3v) is 5.46. The lowest BCUT2D eigenvalue weighted by atomic mass is 9.93. The van der Waals surface area contributed by atoms with E-state index < -0.39 is 0 Å². The van der Waals surface area contributed by atoms with Crippen molar-refractivity contribution in [3.8, 4) is 0 Å². The quantitative estimate of drug-likeness (QED) is 0.774. The van der Waals surface area contributed by atoms with Gasteiger partial charge in [-0.25, -0.2) is 0 Å². The number of halogens is 1.